The molecule has 166 valence electrons. The van der Waals surface area contributed by atoms with Crippen molar-refractivity contribution in [2.45, 2.75) is 70.8 Å². The second-order valence-electron chi connectivity index (χ2n) is 9.93. The summed E-state index contributed by atoms with van der Waals surface area (Å²) < 4.78 is 5.69. The van der Waals surface area contributed by atoms with Crippen LogP contribution in [0.5, 0.6) is 0 Å². The predicted molar refractivity (Wildman–Crippen MR) is 127 cm³/mol. The molecule has 1 aromatic heterocycles. The van der Waals surface area contributed by atoms with Gasteiger partial charge in [-0.15, -0.1) is 0 Å². The molecule has 5 nitrogen and oxygen atoms in total. The van der Waals surface area contributed by atoms with Crippen LogP contribution in [0.3, 0.4) is 0 Å². The number of benzene rings is 1. The largest absolute Gasteiger partial charge is 0.387 e. The monoisotopic (exact) mass is 420 g/mol. The predicted octanol–water partition coefficient (Wildman–Crippen LogP) is 5.28. The van der Waals surface area contributed by atoms with Crippen molar-refractivity contribution in [3.05, 3.63) is 46.8 Å². The van der Waals surface area contributed by atoms with Gasteiger partial charge in [-0.05, 0) is 73.8 Å². The van der Waals surface area contributed by atoms with Gasteiger partial charge in [0.25, 0.3) is 0 Å². The zero-order chi connectivity index (χ0) is 21.4. The van der Waals surface area contributed by atoms with Crippen molar-refractivity contribution in [2.75, 3.05) is 26.4 Å². The van der Waals surface area contributed by atoms with Gasteiger partial charge in [-0.2, -0.15) is 5.10 Å². The molecule has 0 spiro atoms. The molecule has 1 saturated carbocycles. The van der Waals surface area contributed by atoms with Crippen molar-refractivity contribution >= 4 is 16.5 Å². The first-order valence-electron chi connectivity index (χ1n) is 12.0. The lowest BCUT2D eigenvalue weighted by molar-refractivity contribution is -0.0438. The highest BCUT2D eigenvalue weighted by Gasteiger charge is 2.29. The lowest BCUT2D eigenvalue weighted by Gasteiger charge is -2.38. The summed E-state index contributed by atoms with van der Waals surface area (Å²) in [6.45, 7) is 10.7. The average Bonchev–Trinajstić information content (AvgIpc) is 3.22. The zero-order valence-corrected chi connectivity index (χ0v) is 19.2. The molecule has 0 unspecified atom stereocenters. The fraction of sp³-hybridized carbons (Fsp3) is 0.577. The Balaban J connectivity index is 1.41. The third kappa shape index (κ3) is 4.18. The number of rotatable bonds is 4. The van der Waals surface area contributed by atoms with Gasteiger partial charge < -0.3 is 10.1 Å². The maximum Gasteiger partial charge on any atom is 0.0992 e. The fourth-order valence-electron chi connectivity index (χ4n) is 5.60. The van der Waals surface area contributed by atoms with Crippen LogP contribution in [-0.4, -0.2) is 47.6 Å². The van der Waals surface area contributed by atoms with Crippen LogP contribution in [0.25, 0.3) is 16.5 Å². The van der Waals surface area contributed by atoms with Gasteiger partial charge in [0, 0.05) is 48.9 Å². The Morgan fingerprint density at radius 1 is 1.16 bits per heavy atom. The third-order valence-corrected chi connectivity index (χ3v) is 7.34. The minimum Gasteiger partial charge on any atom is -0.387 e. The molecule has 2 aliphatic heterocycles. The average molecular weight is 421 g/mol. The Morgan fingerprint density at radius 2 is 2.00 bits per heavy atom. The van der Waals surface area contributed by atoms with Gasteiger partial charge in [0.2, 0.25) is 0 Å². The third-order valence-electron chi connectivity index (χ3n) is 7.34. The number of ether oxygens (including phenoxy) is 1. The number of nitrogens with zero attached hydrogens (tertiary/aromatic N) is 2. The first-order valence-corrected chi connectivity index (χ1v) is 12.0. The van der Waals surface area contributed by atoms with Gasteiger partial charge in [0.1, 0.15) is 0 Å². The number of aromatic amines is 1. The second-order valence-corrected chi connectivity index (χ2v) is 9.93. The molecule has 2 N–H and O–H groups in total. The summed E-state index contributed by atoms with van der Waals surface area (Å²) in [5, 5.41) is 12.9. The van der Waals surface area contributed by atoms with Crippen LogP contribution in [0.2, 0.25) is 0 Å². The highest BCUT2D eigenvalue weighted by atomic mass is 16.5. The van der Waals surface area contributed by atoms with E-state index in [0.29, 0.717) is 17.9 Å². The molecule has 0 amide bonds. The Morgan fingerprint density at radius 3 is 2.71 bits per heavy atom. The second kappa shape index (κ2) is 8.79. The molecule has 1 aliphatic carbocycles. The molecule has 5 rings (SSSR count). The maximum atomic E-state index is 5.69. The molecule has 5 heteroatoms. The minimum absolute atomic E-state index is 0.466. The topological polar surface area (TPSA) is 53.2 Å². The standard InChI is InChI=1S/C26H36N4O/c1-17(2)22-12-24-25(13-23(22)20-11-18(3)14-27-15-20)28-29-26(24)19-5-7-21(8-6-19)30-9-4-10-31-16-30/h11-13,15,17,19,21,27H,4-10,14,16H2,1-3H3,(H,28,29). The number of H-pyrrole nitrogens is 1. The number of allylic oxidation sites excluding steroid dienone is 2. The molecule has 31 heavy (non-hydrogen) atoms. The highest BCUT2D eigenvalue weighted by molar-refractivity contribution is 5.89. The van der Waals surface area contributed by atoms with Crippen LogP contribution in [0, 0.1) is 0 Å². The van der Waals surface area contributed by atoms with E-state index in [2.05, 4.69) is 60.5 Å². The van der Waals surface area contributed by atoms with Crippen LogP contribution >= 0.6 is 0 Å². The van der Waals surface area contributed by atoms with Crippen LogP contribution in [0.4, 0.5) is 0 Å². The summed E-state index contributed by atoms with van der Waals surface area (Å²) in [6, 6.07) is 5.39. The van der Waals surface area contributed by atoms with Gasteiger partial charge in [0.15, 0.2) is 0 Å². The van der Waals surface area contributed by atoms with E-state index in [1.807, 2.05) is 0 Å². The van der Waals surface area contributed by atoms with E-state index in [4.69, 9.17) is 9.84 Å². The molecule has 0 atom stereocenters. The van der Waals surface area contributed by atoms with E-state index in [0.717, 1.165) is 25.4 Å². The highest BCUT2D eigenvalue weighted by Crippen LogP contribution is 2.39. The smallest absolute Gasteiger partial charge is 0.0992 e. The number of aromatic nitrogens is 2. The van der Waals surface area contributed by atoms with Gasteiger partial charge >= 0.3 is 0 Å². The van der Waals surface area contributed by atoms with Crippen LogP contribution < -0.4 is 5.32 Å². The molecule has 0 bridgehead atoms. The lowest BCUT2D eigenvalue weighted by Crippen LogP contribution is -2.42. The van der Waals surface area contributed by atoms with E-state index in [1.165, 1.54) is 72.0 Å². The molecule has 2 aromatic rings. The van der Waals surface area contributed by atoms with Crippen molar-refractivity contribution in [3.63, 3.8) is 0 Å². The summed E-state index contributed by atoms with van der Waals surface area (Å²) in [5.41, 5.74) is 7.79. The summed E-state index contributed by atoms with van der Waals surface area (Å²) in [7, 11) is 0. The Bertz CT molecular complexity index is 988. The van der Waals surface area contributed by atoms with Crippen molar-refractivity contribution in [1.82, 2.24) is 20.4 Å². The van der Waals surface area contributed by atoms with Crippen molar-refractivity contribution in [2.24, 2.45) is 0 Å². The molecular formula is C26H36N4O. The first-order chi connectivity index (χ1) is 15.1. The van der Waals surface area contributed by atoms with E-state index >= 15 is 0 Å². The summed E-state index contributed by atoms with van der Waals surface area (Å²) in [4.78, 5) is 2.55. The number of nitrogens with one attached hydrogen (secondary N) is 2. The lowest BCUT2D eigenvalue weighted by atomic mass is 9.81. The van der Waals surface area contributed by atoms with Gasteiger partial charge in [-0.25, -0.2) is 0 Å². The molecule has 3 heterocycles. The quantitative estimate of drug-likeness (QED) is 0.706. The van der Waals surface area contributed by atoms with E-state index in [-0.39, 0.29) is 0 Å². The van der Waals surface area contributed by atoms with Gasteiger partial charge in [-0.1, -0.05) is 25.5 Å². The maximum absolute atomic E-state index is 5.69. The van der Waals surface area contributed by atoms with Crippen LogP contribution in [-0.2, 0) is 4.74 Å². The van der Waals surface area contributed by atoms with Gasteiger partial charge in [-0.3, -0.25) is 10.00 Å². The Kier molecular flexibility index (Phi) is 5.89. The summed E-state index contributed by atoms with van der Waals surface area (Å²) in [5.74, 6) is 1.05. The summed E-state index contributed by atoms with van der Waals surface area (Å²) >= 11 is 0. The van der Waals surface area contributed by atoms with E-state index in [1.54, 1.807) is 0 Å². The molecule has 1 aromatic carbocycles. The first kappa shape index (κ1) is 20.8. The SMILES string of the molecule is CC1=CC(c2cc3n[nH]c(C4CCC(N5CCCOC5)CC4)c3cc2C(C)C)=CNC1. The van der Waals surface area contributed by atoms with Gasteiger partial charge in [0.05, 0.1) is 12.2 Å². The zero-order valence-electron chi connectivity index (χ0n) is 19.2. The van der Waals surface area contributed by atoms with Crippen molar-refractivity contribution in [1.29, 1.82) is 0 Å². The number of hydrogen-bond donors (Lipinski definition) is 2. The molecular weight excluding hydrogens is 384 g/mol. The number of hydrogen-bond acceptors (Lipinski definition) is 4. The van der Waals surface area contributed by atoms with E-state index in [9.17, 15) is 0 Å². The van der Waals surface area contributed by atoms with E-state index < -0.39 is 0 Å². The Hall–Kier alpha value is -2.11. The van der Waals surface area contributed by atoms with Crippen molar-refractivity contribution < 1.29 is 4.74 Å². The normalized spacial score (nSPS) is 25.4. The van der Waals surface area contributed by atoms with Crippen molar-refractivity contribution in [3.8, 4) is 0 Å². The minimum atomic E-state index is 0.466. The molecule has 1 saturated heterocycles. The Labute approximate surface area is 185 Å². The molecule has 2 fully saturated rings. The summed E-state index contributed by atoms with van der Waals surface area (Å²) in [6.07, 6.45) is 10.6. The molecule has 3 aliphatic rings. The number of dihydropyridines is 1. The fourth-order valence-corrected chi connectivity index (χ4v) is 5.60. The van der Waals surface area contributed by atoms with Crippen LogP contribution in [0.15, 0.2) is 30.0 Å². The molecule has 0 radical (unpaired) electrons. The van der Waals surface area contributed by atoms with Crippen LogP contribution in [0.1, 0.15) is 81.5 Å². The number of fused-ring (bicyclic) bond motifs is 1.